The van der Waals surface area contributed by atoms with E-state index in [0.717, 1.165) is 18.5 Å². The summed E-state index contributed by atoms with van der Waals surface area (Å²) in [5.74, 6) is 0.549. The number of nitrogens with two attached hydrogens (primary N) is 1. The minimum atomic E-state index is -0.470. The monoisotopic (exact) mass is 478 g/mol. The Bertz CT molecular complexity index is 603. The van der Waals surface area contributed by atoms with Crippen LogP contribution >= 0.6 is 24.0 Å². The van der Waals surface area contributed by atoms with Crippen LogP contribution in [-0.2, 0) is 11.2 Å². The number of aromatic nitrogens is 2. The molecule has 0 aliphatic carbocycles. The SMILES string of the molecule is Cc1[nH]ncc1CCCN=C(N)N1CCN(C(=O)OC(C)(C)C)CC1.I. The number of aromatic amines is 1. The van der Waals surface area contributed by atoms with Crippen molar-refractivity contribution in [2.45, 2.75) is 46.1 Å². The second-order valence-corrected chi connectivity index (χ2v) is 7.32. The average molecular weight is 478 g/mol. The van der Waals surface area contributed by atoms with E-state index in [9.17, 15) is 4.79 Å². The van der Waals surface area contributed by atoms with Crippen molar-refractivity contribution in [3.8, 4) is 0 Å². The highest BCUT2D eigenvalue weighted by molar-refractivity contribution is 14.0. The molecule has 1 saturated heterocycles. The molecule has 3 N–H and O–H groups in total. The maximum Gasteiger partial charge on any atom is 0.410 e. The van der Waals surface area contributed by atoms with Gasteiger partial charge < -0.3 is 20.3 Å². The molecule has 0 radical (unpaired) electrons. The molecule has 0 bridgehead atoms. The number of carbonyl (C=O) groups is 1. The van der Waals surface area contributed by atoms with E-state index < -0.39 is 5.60 Å². The van der Waals surface area contributed by atoms with Crippen molar-refractivity contribution in [3.63, 3.8) is 0 Å². The van der Waals surface area contributed by atoms with Crippen LogP contribution in [0.1, 0.15) is 38.4 Å². The topological polar surface area (TPSA) is 99.8 Å². The molecule has 148 valence electrons. The first-order valence-corrected chi connectivity index (χ1v) is 8.78. The molecule has 9 heteroatoms. The third-order valence-electron chi connectivity index (χ3n) is 4.07. The summed E-state index contributed by atoms with van der Waals surface area (Å²) in [6, 6.07) is 0. The van der Waals surface area contributed by atoms with Gasteiger partial charge in [-0.1, -0.05) is 0 Å². The zero-order valence-corrected chi connectivity index (χ0v) is 18.4. The van der Waals surface area contributed by atoms with E-state index in [1.807, 2.05) is 38.8 Å². The van der Waals surface area contributed by atoms with Crippen LogP contribution < -0.4 is 5.73 Å². The van der Waals surface area contributed by atoms with Gasteiger partial charge in [0, 0.05) is 38.4 Å². The molecule has 0 aromatic carbocycles. The number of nitrogens with one attached hydrogen (secondary N) is 1. The van der Waals surface area contributed by atoms with Crippen LogP contribution in [0.2, 0.25) is 0 Å². The van der Waals surface area contributed by atoms with Gasteiger partial charge in [0.2, 0.25) is 0 Å². The summed E-state index contributed by atoms with van der Waals surface area (Å²) in [4.78, 5) is 20.3. The van der Waals surface area contributed by atoms with Crippen LogP contribution in [0, 0.1) is 6.92 Å². The summed E-state index contributed by atoms with van der Waals surface area (Å²) >= 11 is 0. The van der Waals surface area contributed by atoms with Gasteiger partial charge in [-0.3, -0.25) is 10.1 Å². The van der Waals surface area contributed by atoms with Crippen molar-refractivity contribution in [1.29, 1.82) is 0 Å². The maximum absolute atomic E-state index is 12.1. The number of aryl methyl sites for hydroxylation is 2. The van der Waals surface area contributed by atoms with Crippen LogP contribution in [0.25, 0.3) is 0 Å². The number of hydrogen-bond acceptors (Lipinski definition) is 4. The summed E-state index contributed by atoms with van der Waals surface area (Å²) in [5, 5.41) is 6.95. The first kappa shape index (κ1) is 22.5. The van der Waals surface area contributed by atoms with E-state index in [1.54, 1.807) is 4.90 Å². The summed E-state index contributed by atoms with van der Waals surface area (Å²) in [6.07, 6.45) is 3.46. The smallest absolute Gasteiger partial charge is 0.410 e. The Kier molecular flexibility index (Phi) is 8.65. The van der Waals surface area contributed by atoms with Gasteiger partial charge in [-0.05, 0) is 46.1 Å². The van der Waals surface area contributed by atoms with Crippen molar-refractivity contribution in [1.82, 2.24) is 20.0 Å². The number of carbonyl (C=O) groups excluding carboxylic acids is 1. The van der Waals surface area contributed by atoms with Crippen molar-refractivity contribution < 1.29 is 9.53 Å². The third-order valence-corrected chi connectivity index (χ3v) is 4.07. The summed E-state index contributed by atoms with van der Waals surface area (Å²) in [5.41, 5.74) is 7.94. The highest BCUT2D eigenvalue weighted by Gasteiger charge is 2.26. The fraction of sp³-hybridized carbons (Fsp3) is 0.706. The fourth-order valence-corrected chi connectivity index (χ4v) is 2.64. The van der Waals surface area contributed by atoms with Crippen molar-refractivity contribution in [2.24, 2.45) is 10.7 Å². The number of ether oxygens (including phenoxy) is 1. The molecule has 8 nitrogen and oxygen atoms in total. The Morgan fingerprint density at radius 2 is 1.92 bits per heavy atom. The predicted molar refractivity (Wildman–Crippen MR) is 113 cm³/mol. The zero-order valence-electron chi connectivity index (χ0n) is 16.1. The lowest BCUT2D eigenvalue weighted by molar-refractivity contribution is 0.0186. The van der Waals surface area contributed by atoms with Gasteiger partial charge in [-0.2, -0.15) is 5.10 Å². The summed E-state index contributed by atoms with van der Waals surface area (Å²) in [7, 11) is 0. The van der Waals surface area contributed by atoms with E-state index in [-0.39, 0.29) is 30.1 Å². The molecule has 26 heavy (non-hydrogen) atoms. The molecule has 1 aliphatic heterocycles. The van der Waals surface area contributed by atoms with Crippen molar-refractivity contribution in [2.75, 3.05) is 32.7 Å². The summed E-state index contributed by atoms with van der Waals surface area (Å²) < 4.78 is 5.40. The van der Waals surface area contributed by atoms with Crippen LogP contribution in [0.4, 0.5) is 4.79 Å². The van der Waals surface area contributed by atoms with Gasteiger partial charge in [0.1, 0.15) is 5.60 Å². The number of guanidine groups is 1. The second kappa shape index (κ2) is 9.98. The van der Waals surface area contributed by atoms with Crippen molar-refractivity contribution in [3.05, 3.63) is 17.5 Å². The van der Waals surface area contributed by atoms with Gasteiger partial charge in [-0.15, -0.1) is 24.0 Å². The number of hydrogen-bond donors (Lipinski definition) is 2. The van der Waals surface area contributed by atoms with E-state index >= 15 is 0 Å². The normalized spacial score (nSPS) is 15.6. The largest absolute Gasteiger partial charge is 0.444 e. The van der Waals surface area contributed by atoms with Crippen molar-refractivity contribution >= 4 is 36.0 Å². The van der Waals surface area contributed by atoms with E-state index in [4.69, 9.17) is 10.5 Å². The van der Waals surface area contributed by atoms with Crippen LogP contribution in [0.5, 0.6) is 0 Å². The highest BCUT2D eigenvalue weighted by atomic mass is 127. The first-order valence-electron chi connectivity index (χ1n) is 8.78. The second-order valence-electron chi connectivity index (χ2n) is 7.32. The first-order chi connectivity index (χ1) is 11.8. The van der Waals surface area contributed by atoms with Gasteiger partial charge in [-0.25, -0.2) is 4.79 Å². The molecule has 2 rings (SSSR count). The molecule has 1 aromatic heterocycles. The van der Waals surface area contributed by atoms with Crippen LogP contribution in [0.15, 0.2) is 11.2 Å². The molecule has 1 fully saturated rings. The standard InChI is InChI=1S/C17H30N6O2.HI/c1-13-14(12-20-21-13)6-5-7-19-15(18)22-8-10-23(11-9-22)16(24)25-17(2,3)4;/h12H,5-11H2,1-4H3,(H2,18,19)(H,20,21);1H. The minimum absolute atomic E-state index is 0. The molecule has 1 amide bonds. The highest BCUT2D eigenvalue weighted by Crippen LogP contribution is 2.12. The fourth-order valence-electron chi connectivity index (χ4n) is 2.64. The number of rotatable bonds is 4. The van der Waals surface area contributed by atoms with E-state index in [0.29, 0.717) is 38.7 Å². The van der Waals surface area contributed by atoms with Gasteiger partial charge in [0.05, 0.1) is 6.20 Å². The molecule has 0 atom stereocenters. The van der Waals surface area contributed by atoms with Crippen LogP contribution in [0.3, 0.4) is 0 Å². The van der Waals surface area contributed by atoms with Gasteiger partial charge >= 0.3 is 6.09 Å². The predicted octanol–water partition coefficient (Wildman–Crippen LogP) is 2.14. The van der Waals surface area contributed by atoms with E-state index in [2.05, 4.69) is 15.2 Å². The molecule has 1 aromatic rings. The number of H-pyrrole nitrogens is 1. The Morgan fingerprint density at radius 3 is 2.46 bits per heavy atom. The Hall–Kier alpha value is -1.52. The lowest BCUT2D eigenvalue weighted by Gasteiger charge is -2.36. The molecule has 0 unspecified atom stereocenters. The molecule has 1 aliphatic rings. The third kappa shape index (κ3) is 7.00. The van der Waals surface area contributed by atoms with Gasteiger partial charge in [0.15, 0.2) is 5.96 Å². The summed E-state index contributed by atoms with van der Waals surface area (Å²) in [6.45, 7) is 10.9. The molecular weight excluding hydrogens is 447 g/mol. The van der Waals surface area contributed by atoms with E-state index in [1.165, 1.54) is 5.56 Å². The molecule has 2 heterocycles. The number of aliphatic imine (C=N–C) groups is 1. The Labute approximate surface area is 172 Å². The number of halogens is 1. The number of amides is 1. The van der Waals surface area contributed by atoms with Gasteiger partial charge in [0.25, 0.3) is 0 Å². The average Bonchev–Trinajstić information content (AvgIpc) is 2.95. The van der Waals surface area contributed by atoms with Crippen LogP contribution in [-0.4, -0.2) is 70.4 Å². The maximum atomic E-state index is 12.1. The molecular formula is C17H31IN6O2. The lowest BCUT2D eigenvalue weighted by Crippen LogP contribution is -2.53. The zero-order chi connectivity index (χ0) is 18.4. The minimum Gasteiger partial charge on any atom is -0.444 e. The number of nitrogens with zero attached hydrogens (tertiary/aromatic N) is 4. The molecule has 0 spiro atoms. The quantitative estimate of drug-likeness (QED) is 0.299. The Morgan fingerprint density at radius 1 is 1.31 bits per heavy atom. The number of piperazine rings is 1. The Balaban J connectivity index is 0.00000338. The molecule has 0 saturated carbocycles. The lowest BCUT2D eigenvalue weighted by atomic mass is 10.1.